The Bertz CT molecular complexity index is 817. The van der Waals surface area contributed by atoms with Gasteiger partial charge in [-0.3, -0.25) is 19.3 Å². The molecule has 0 saturated carbocycles. The number of morpholine rings is 1. The highest BCUT2D eigenvalue weighted by Crippen LogP contribution is 2.64. The van der Waals surface area contributed by atoms with Gasteiger partial charge in [0.15, 0.2) is 0 Å². The van der Waals surface area contributed by atoms with Gasteiger partial charge >= 0.3 is 5.97 Å². The lowest BCUT2D eigenvalue weighted by Gasteiger charge is -2.38. The lowest BCUT2D eigenvalue weighted by molar-refractivity contribution is -0.162. The fourth-order valence-corrected chi connectivity index (χ4v) is 6.78. The molecule has 4 heterocycles. The molecule has 2 amide bonds. The first kappa shape index (κ1) is 26.3. The van der Waals surface area contributed by atoms with Crippen molar-refractivity contribution < 1.29 is 33.7 Å². The molecule has 2 N–H and O–H groups in total. The summed E-state index contributed by atoms with van der Waals surface area (Å²) in [6.45, 7) is 11.6. The van der Waals surface area contributed by atoms with Crippen LogP contribution in [0.5, 0.6) is 0 Å². The number of aliphatic hydroxyl groups is 1. The number of hydrogen-bond donors (Lipinski definition) is 2. The third-order valence-electron chi connectivity index (χ3n) is 8.55. The third kappa shape index (κ3) is 4.26. The van der Waals surface area contributed by atoms with E-state index in [0.29, 0.717) is 45.6 Å². The van der Waals surface area contributed by atoms with Gasteiger partial charge in [0.2, 0.25) is 11.8 Å². The molecule has 0 aromatic heterocycles. The molecule has 10 heteroatoms. The summed E-state index contributed by atoms with van der Waals surface area (Å²) in [5, 5.41) is 13.3. The van der Waals surface area contributed by atoms with E-state index in [9.17, 15) is 19.5 Å². The van der Waals surface area contributed by atoms with Crippen molar-refractivity contribution in [2.24, 2.45) is 17.8 Å². The van der Waals surface area contributed by atoms with Crippen molar-refractivity contribution >= 4 is 17.8 Å². The summed E-state index contributed by atoms with van der Waals surface area (Å²) in [7, 11) is 0. The molecule has 35 heavy (non-hydrogen) atoms. The van der Waals surface area contributed by atoms with Gasteiger partial charge < -0.3 is 29.5 Å². The summed E-state index contributed by atoms with van der Waals surface area (Å²) >= 11 is 0. The van der Waals surface area contributed by atoms with Crippen LogP contribution < -0.4 is 5.32 Å². The third-order valence-corrected chi connectivity index (χ3v) is 8.55. The number of hydrogen-bond acceptors (Lipinski definition) is 8. The number of carbonyl (C=O) groups is 3. The standard InChI is InChI=1S/C25H41N3O7/c1-5-24-7-8-25(35-24)18(19(24)23(32)34-6-2)22(31)28(17(15-29)16(3)4)20(25)21(30)26-9-10-27-11-13-33-14-12-27/h16-20,29H,5-15H2,1-4H3,(H,26,30)/t17-,18-,19+,20?,24-,25?/m0/s1. The van der Waals surface area contributed by atoms with Crippen LogP contribution >= 0.6 is 0 Å². The second-order valence-corrected chi connectivity index (χ2v) is 10.6. The topological polar surface area (TPSA) is 118 Å². The average Bonchev–Trinajstić information content (AvgIpc) is 3.44. The van der Waals surface area contributed by atoms with Crippen LogP contribution in [0, 0.1) is 17.8 Å². The summed E-state index contributed by atoms with van der Waals surface area (Å²) < 4.78 is 17.5. The second kappa shape index (κ2) is 10.3. The number of likely N-dealkylation sites (tertiary alicyclic amines) is 1. The lowest BCUT2D eigenvalue weighted by atomic mass is 9.65. The van der Waals surface area contributed by atoms with Gasteiger partial charge in [0.05, 0.1) is 44.0 Å². The molecule has 198 valence electrons. The zero-order valence-electron chi connectivity index (χ0n) is 21.5. The van der Waals surface area contributed by atoms with E-state index in [1.54, 1.807) is 6.92 Å². The van der Waals surface area contributed by atoms with Crippen molar-refractivity contribution in [2.45, 2.75) is 70.2 Å². The highest BCUT2D eigenvalue weighted by Gasteiger charge is 2.79. The van der Waals surface area contributed by atoms with E-state index in [2.05, 4.69) is 10.2 Å². The molecule has 0 aliphatic carbocycles. The van der Waals surface area contributed by atoms with Crippen LogP contribution in [-0.4, -0.2) is 109 Å². The van der Waals surface area contributed by atoms with Crippen molar-refractivity contribution in [2.75, 3.05) is 52.6 Å². The Kier molecular flexibility index (Phi) is 7.76. The summed E-state index contributed by atoms with van der Waals surface area (Å²) in [5.41, 5.74) is -1.91. The Morgan fingerprint density at radius 2 is 1.94 bits per heavy atom. The minimum Gasteiger partial charge on any atom is -0.466 e. The molecule has 10 nitrogen and oxygen atoms in total. The molecule has 1 spiro atoms. The molecule has 4 aliphatic rings. The van der Waals surface area contributed by atoms with Crippen LogP contribution in [0.3, 0.4) is 0 Å². The van der Waals surface area contributed by atoms with E-state index in [1.807, 2.05) is 20.8 Å². The Balaban J connectivity index is 1.65. The van der Waals surface area contributed by atoms with Crippen molar-refractivity contribution in [1.29, 1.82) is 0 Å². The molecule has 4 saturated heterocycles. The fourth-order valence-electron chi connectivity index (χ4n) is 6.78. The van der Waals surface area contributed by atoms with Gasteiger partial charge in [-0.1, -0.05) is 20.8 Å². The van der Waals surface area contributed by atoms with Gasteiger partial charge in [-0.2, -0.15) is 0 Å². The minimum absolute atomic E-state index is 0.0822. The Morgan fingerprint density at radius 3 is 2.54 bits per heavy atom. The van der Waals surface area contributed by atoms with Gasteiger partial charge in [0.25, 0.3) is 0 Å². The molecule has 0 aromatic carbocycles. The van der Waals surface area contributed by atoms with Crippen molar-refractivity contribution in [3.63, 3.8) is 0 Å². The number of carbonyl (C=O) groups excluding carboxylic acids is 3. The van der Waals surface area contributed by atoms with Crippen LogP contribution in [0.2, 0.25) is 0 Å². The average molecular weight is 496 g/mol. The first-order chi connectivity index (χ1) is 16.8. The van der Waals surface area contributed by atoms with Gasteiger partial charge in [0, 0.05) is 26.2 Å². The number of aliphatic hydroxyl groups excluding tert-OH is 1. The fraction of sp³-hybridized carbons (Fsp3) is 0.880. The van der Waals surface area contributed by atoms with E-state index in [0.717, 1.165) is 13.1 Å². The molecule has 4 fully saturated rings. The summed E-state index contributed by atoms with van der Waals surface area (Å²) in [6.07, 6.45) is 1.66. The first-order valence-electron chi connectivity index (χ1n) is 13.1. The molecule has 0 aromatic rings. The first-order valence-corrected chi connectivity index (χ1v) is 13.1. The van der Waals surface area contributed by atoms with Gasteiger partial charge in [-0.05, 0) is 32.1 Å². The zero-order chi connectivity index (χ0) is 25.4. The number of rotatable bonds is 10. The van der Waals surface area contributed by atoms with Gasteiger partial charge in [0.1, 0.15) is 17.6 Å². The van der Waals surface area contributed by atoms with E-state index < -0.39 is 41.1 Å². The van der Waals surface area contributed by atoms with E-state index >= 15 is 0 Å². The van der Waals surface area contributed by atoms with Crippen LogP contribution in [0.4, 0.5) is 0 Å². The molecule has 2 bridgehead atoms. The van der Waals surface area contributed by atoms with Crippen LogP contribution in [-0.2, 0) is 28.6 Å². The molecular formula is C25H41N3O7. The SMILES string of the molecule is CCOC(=O)[C@H]1[C@H]2C(=O)N([C@@H](CO)C(C)C)C(C(=O)NCCN3CCOCC3)C23CC[C@]1(CC)O3. The summed E-state index contributed by atoms with van der Waals surface area (Å²) in [6, 6.07) is -1.46. The second-order valence-electron chi connectivity index (χ2n) is 10.6. The normalized spacial score (nSPS) is 35.4. The quantitative estimate of drug-likeness (QED) is 0.412. The van der Waals surface area contributed by atoms with E-state index in [1.165, 1.54) is 4.90 Å². The number of amides is 2. The predicted molar refractivity (Wildman–Crippen MR) is 126 cm³/mol. The predicted octanol–water partition coefficient (Wildman–Crippen LogP) is 0.170. The maximum atomic E-state index is 14.0. The lowest BCUT2D eigenvalue weighted by Crippen LogP contribution is -2.59. The molecule has 4 aliphatic heterocycles. The van der Waals surface area contributed by atoms with E-state index in [4.69, 9.17) is 14.2 Å². The smallest absolute Gasteiger partial charge is 0.312 e. The number of nitrogens with zero attached hydrogens (tertiary/aromatic N) is 2. The number of esters is 1. The van der Waals surface area contributed by atoms with Crippen LogP contribution in [0.1, 0.15) is 47.0 Å². The monoisotopic (exact) mass is 495 g/mol. The van der Waals surface area contributed by atoms with Crippen LogP contribution in [0.25, 0.3) is 0 Å². The van der Waals surface area contributed by atoms with Crippen molar-refractivity contribution in [1.82, 2.24) is 15.1 Å². The molecule has 2 unspecified atom stereocenters. The Morgan fingerprint density at radius 1 is 1.23 bits per heavy atom. The molecule has 0 radical (unpaired) electrons. The molecule has 4 rings (SSSR count). The highest BCUT2D eigenvalue weighted by atomic mass is 16.6. The summed E-state index contributed by atoms with van der Waals surface area (Å²) in [5.74, 6) is -2.65. The van der Waals surface area contributed by atoms with Gasteiger partial charge in [-0.25, -0.2) is 0 Å². The number of nitrogens with one attached hydrogen (secondary N) is 1. The maximum Gasteiger partial charge on any atom is 0.312 e. The Hall–Kier alpha value is -1.75. The summed E-state index contributed by atoms with van der Waals surface area (Å²) in [4.78, 5) is 44.7. The van der Waals surface area contributed by atoms with E-state index in [-0.39, 0.29) is 30.9 Å². The number of ether oxygens (including phenoxy) is 3. The zero-order valence-corrected chi connectivity index (χ0v) is 21.5. The Labute approximate surface area is 207 Å². The maximum absolute atomic E-state index is 14.0. The molecular weight excluding hydrogens is 454 g/mol. The largest absolute Gasteiger partial charge is 0.466 e. The molecule has 6 atom stereocenters. The number of fused-ring (bicyclic) bond motifs is 1. The highest BCUT2D eigenvalue weighted by molar-refractivity contribution is 5.98. The van der Waals surface area contributed by atoms with Crippen LogP contribution in [0.15, 0.2) is 0 Å². The van der Waals surface area contributed by atoms with Crippen molar-refractivity contribution in [3.05, 3.63) is 0 Å². The minimum atomic E-state index is -1.10. The van der Waals surface area contributed by atoms with Crippen molar-refractivity contribution in [3.8, 4) is 0 Å². The van der Waals surface area contributed by atoms with Gasteiger partial charge in [-0.15, -0.1) is 0 Å².